The Morgan fingerprint density at radius 1 is 1.33 bits per heavy atom. The lowest BCUT2D eigenvalue weighted by molar-refractivity contribution is 0.599. The molecule has 5 nitrogen and oxygen atoms in total. The van der Waals surface area contributed by atoms with Crippen LogP contribution in [-0.2, 0) is 10.0 Å². The maximum atomic E-state index is 11.3. The Kier molecular flexibility index (Phi) is 2.41. The highest BCUT2D eigenvalue weighted by Gasteiger charge is 2.18. The molecule has 0 fully saturated rings. The molecule has 78 valence electrons. The highest BCUT2D eigenvalue weighted by atomic mass is 32.2. The maximum Gasteiger partial charge on any atom is 0.326 e. The van der Waals surface area contributed by atoms with Gasteiger partial charge in [0.2, 0.25) is 0 Å². The average molecular weight is 261 g/mol. The summed E-state index contributed by atoms with van der Waals surface area (Å²) in [5, 5.41) is 1.89. The SMILES string of the molecule is O=NS(=O)(=O)c1cc2c(=O)ccsc2s1. The molecule has 0 saturated carbocycles. The molecule has 2 aromatic heterocycles. The van der Waals surface area contributed by atoms with Gasteiger partial charge in [-0.2, -0.15) is 8.42 Å². The minimum atomic E-state index is -4.12. The van der Waals surface area contributed by atoms with Gasteiger partial charge >= 0.3 is 10.0 Å². The molecule has 0 aliphatic carbocycles. The van der Waals surface area contributed by atoms with Crippen molar-refractivity contribution in [2.75, 3.05) is 0 Å². The van der Waals surface area contributed by atoms with Crippen LogP contribution in [0.15, 0.2) is 31.1 Å². The zero-order valence-corrected chi connectivity index (χ0v) is 9.49. The van der Waals surface area contributed by atoms with Gasteiger partial charge in [0.15, 0.2) is 5.43 Å². The summed E-state index contributed by atoms with van der Waals surface area (Å²) in [5.74, 6) is 0. The summed E-state index contributed by atoms with van der Waals surface area (Å²) in [6.07, 6.45) is 0. The van der Waals surface area contributed by atoms with Crippen LogP contribution in [0.25, 0.3) is 9.40 Å². The van der Waals surface area contributed by atoms with E-state index in [9.17, 15) is 18.1 Å². The van der Waals surface area contributed by atoms with Crippen molar-refractivity contribution >= 4 is 42.1 Å². The highest BCUT2D eigenvalue weighted by molar-refractivity contribution is 7.92. The van der Waals surface area contributed by atoms with Gasteiger partial charge in [-0.05, 0) is 17.5 Å². The van der Waals surface area contributed by atoms with Crippen LogP contribution in [0.1, 0.15) is 0 Å². The number of sulfonamides is 1. The largest absolute Gasteiger partial charge is 0.326 e. The minimum Gasteiger partial charge on any atom is -0.289 e. The lowest BCUT2D eigenvalue weighted by atomic mass is 10.4. The van der Waals surface area contributed by atoms with Crippen LogP contribution in [0.2, 0.25) is 0 Å². The van der Waals surface area contributed by atoms with Crippen LogP contribution in [0.4, 0.5) is 0 Å². The Balaban J connectivity index is 2.84. The van der Waals surface area contributed by atoms with Crippen LogP contribution < -0.4 is 5.43 Å². The van der Waals surface area contributed by atoms with Crippen molar-refractivity contribution in [2.24, 2.45) is 4.58 Å². The monoisotopic (exact) mass is 261 g/mol. The van der Waals surface area contributed by atoms with E-state index in [0.717, 1.165) is 11.3 Å². The molecule has 0 N–H and O–H groups in total. The van der Waals surface area contributed by atoms with Gasteiger partial charge in [-0.3, -0.25) is 4.79 Å². The number of nitrogens with zero attached hydrogens (tertiary/aromatic N) is 1. The molecule has 0 amide bonds. The number of nitroso groups, excluding NO2 is 1. The maximum absolute atomic E-state index is 11.3. The molecule has 0 aromatic carbocycles. The molecule has 0 bridgehead atoms. The predicted octanol–water partition coefficient (Wildman–Crippen LogP) is 1.78. The van der Waals surface area contributed by atoms with E-state index in [1.807, 2.05) is 0 Å². The first-order valence-electron chi connectivity index (χ1n) is 3.65. The standard InChI is InChI=1S/C7H3NO4S3/c9-5-1-2-13-7-4(5)3-6(14-7)15(11,12)8-10/h1-3H. The number of hydrogen-bond donors (Lipinski definition) is 0. The van der Waals surface area contributed by atoms with E-state index < -0.39 is 10.0 Å². The Labute approximate surface area is 92.0 Å². The van der Waals surface area contributed by atoms with E-state index in [2.05, 4.69) is 4.58 Å². The summed E-state index contributed by atoms with van der Waals surface area (Å²) in [5.41, 5.74) is -0.257. The van der Waals surface area contributed by atoms with Gasteiger partial charge in [-0.1, -0.05) is 0 Å². The zero-order valence-electron chi connectivity index (χ0n) is 7.04. The number of hydrogen-bond acceptors (Lipinski definition) is 6. The van der Waals surface area contributed by atoms with Crippen molar-refractivity contribution in [1.82, 2.24) is 0 Å². The van der Waals surface area contributed by atoms with Crippen molar-refractivity contribution in [3.8, 4) is 0 Å². The van der Waals surface area contributed by atoms with Crippen LogP contribution in [0, 0.1) is 4.91 Å². The second-order valence-electron chi connectivity index (χ2n) is 2.60. The van der Waals surface area contributed by atoms with Gasteiger partial charge in [0.25, 0.3) is 0 Å². The highest BCUT2D eigenvalue weighted by Crippen LogP contribution is 2.30. The molecular weight excluding hydrogens is 258 g/mol. The third kappa shape index (κ3) is 1.71. The second-order valence-corrected chi connectivity index (χ2v) is 6.63. The zero-order chi connectivity index (χ0) is 11.1. The van der Waals surface area contributed by atoms with Gasteiger partial charge in [0, 0.05) is 0 Å². The molecule has 0 radical (unpaired) electrons. The molecule has 2 heterocycles. The fourth-order valence-corrected chi connectivity index (χ4v) is 4.14. The van der Waals surface area contributed by atoms with Crippen molar-refractivity contribution in [3.63, 3.8) is 0 Å². The Hall–Kier alpha value is -1.12. The smallest absolute Gasteiger partial charge is 0.289 e. The number of rotatable bonds is 2. The summed E-state index contributed by atoms with van der Waals surface area (Å²) in [6.45, 7) is 0. The summed E-state index contributed by atoms with van der Waals surface area (Å²) in [4.78, 5) is 21.4. The number of thiophene rings is 1. The second kappa shape index (κ2) is 3.47. The normalized spacial score (nSPS) is 11.7. The van der Waals surface area contributed by atoms with Crippen molar-refractivity contribution in [1.29, 1.82) is 0 Å². The van der Waals surface area contributed by atoms with Crippen molar-refractivity contribution in [2.45, 2.75) is 4.21 Å². The molecule has 0 atom stereocenters. The fraction of sp³-hybridized carbons (Fsp3) is 0. The molecule has 0 unspecified atom stereocenters. The predicted molar refractivity (Wildman–Crippen MR) is 59.0 cm³/mol. The third-order valence-corrected chi connectivity index (χ3v) is 5.36. The molecule has 15 heavy (non-hydrogen) atoms. The van der Waals surface area contributed by atoms with Gasteiger partial charge in [-0.25, -0.2) is 0 Å². The van der Waals surface area contributed by atoms with Crippen LogP contribution in [0.5, 0.6) is 0 Å². The van der Waals surface area contributed by atoms with E-state index in [1.54, 1.807) is 5.38 Å². The molecule has 0 aliphatic heterocycles. The average Bonchev–Trinajstić information content (AvgIpc) is 2.64. The summed E-state index contributed by atoms with van der Waals surface area (Å²) in [6, 6.07) is 2.54. The van der Waals surface area contributed by atoms with Crippen molar-refractivity contribution in [3.05, 3.63) is 32.6 Å². The van der Waals surface area contributed by atoms with Gasteiger partial charge in [0.05, 0.1) is 14.0 Å². The topological polar surface area (TPSA) is 80.6 Å². The van der Waals surface area contributed by atoms with Crippen molar-refractivity contribution < 1.29 is 8.42 Å². The van der Waals surface area contributed by atoms with E-state index in [1.165, 1.54) is 23.5 Å². The first kappa shape index (κ1) is 10.4. The van der Waals surface area contributed by atoms with E-state index >= 15 is 0 Å². The van der Waals surface area contributed by atoms with Gasteiger partial charge in [0.1, 0.15) is 4.21 Å². The Bertz CT molecular complexity index is 682. The van der Waals surface area contributed by atoms with Gasteiger partial charge in [-0.15, -0.1) is 27.6 Å². The van der Waals surface area contributed by atoms with Crippen LogP contribution >= 0.6 is 22.7 Å². The summed E-state index contributed by atoms with van der Waals surface area (Å²) >= 11 is 2.13. The third-order valence-electron chi connectivity index (χ3n) is 1.69. The Morgan fingerprint density at radius 3 is 2.67 bits per heavy atom. The fourth-order valence-electron chi connectivity index (χ4n) is 1.02. The molecule has 0 aliphatic rings. The number of fused-ring (bicyclic) bond motifs is 1. The molecule has 0 saturated heterocycles. The molecule has 0 spiro atoms. The van der Waals surface area contributed by atoms with Gasteiger partial charge < -0.3 is 0 Å². The van der Waals surface area contributed by atoms with E-state index in [0.29, 0.717) is 9.40 Å². The quantitative estimate of drug-likeness (QED) is 0.772. The van der Waals surface area contributed by atoms with Crippen LogP contribution in [0.3, 0.4) is 0 Å². The van der Waals surface area contributed by atoms with Crippen LogP contribution in [-0.4, -0.2) is 8.42 Å². The molecule has 8 heteroatoms. The lowest BCUT2D eigenvalue weighted by Crippen LogP contribution is -1.94. The molecular formula is C7H3NO4S3. The first-order chi connectivity index (χ1) is 7.04. The Morgan fingerprint density at radius 2 is 2.07 bits per heavy atom. The molecule has 2 rings (SSSR count). The first-order valence-corrected chi connectivity index (χ1v) is 6.79. The summed E-state index contributed by atoms with van der Waals surface area (Å²) < 4.78 is 24.7. The lowest BCUT2D eigenvalue weighted by Gasteiger charge is -1.83. The van der Waals surface area contributed by atoms with E-state index in [-0.39, 0.29) is 9.64 Å². The summed E-state index contributed by atoms with van der Waals surface area (Å²) in [7, 11) is -4.12. The molecule has 2 aromatic rings. The van der Waals surface area contributed by atoms with E-state index in [4.69, 9.17) is 0 Å². The minimum absolute atomic E-state index is 0.188.